The van der Waals surface area contributed by atoms with Crippen LogP contribution in [0.15, 0.2) is 0 Å². The molecule has 104 valence electrons. The molecule has 2 heterocycles. The lowest BCUT2D eigenvalue weighted by molar-refractivity contribution is 0.363. The van der Waals surface area contributed by atoms with Crippen molar-refractivity contribution < 1.29 is 7.58 Å². The highest BCUT2D eigenvalue weighted by molar-refractivity contribution is 8.25. The fraction of sp³-hybridized carbons (Fsp3) is 1.00. The number of hydrogen-bond donors (Lipinski definition) is 0. The molecule has 0 aromatic rings. The van der Waals surface area contributed by atoms with Gasteiger partial charge in [0.1, 0.15) is 0 Å². The minimum Gasteiger partial charge on any atom is -0.492 e. The monoisotopic (exact) mass is 356 g/mol. The molecule has 0 atom stereocenters. The molecule has 0 aromatic carbocycles. The van der Waals surface area contributed by atoms with E-state index in [-0.39, 0.29) is 0 Å². The highest BCUT2D eigenvalue weighted by Gasteiger charge is 2.15. The maximum atomic E-state index is 5.56. The summed E-state index contributed by atoms with van der Waals surface area (Å²) in [5, 5.41) is 0. The molecule has 0 saturated carbocycles. The van der Waals surface area contributed by atoms with Gasteiger partial charge in [-0.1, -0.05) is 11.6 Å². The molecule has 2 saturated heterocycles. The maximum Gasteiger partial charge on any atom is 0.544 e. The van der Waals surface area contributed by atoms with Crippen molar-refractivity contribution in [3.8, 4) is 0 Å². The Morgan fingerprint density at radius 3 is 1.56 bits per heavy atom. The van der Waals surface area contributed by atoms with Crippen LogP contribution >= 0.6 is 43.8 Å². The van der Waals surface area contributed by atoms with Crippen molar-refractivity contribution in [3.05, 3.63) is 0 Å². The van der Waals surface area contributed by atoms with Gasteiger partial charge in [-0.05, 0) is 11.5 Å². The van der Waals surface area contributed by atoms with Crippen LogP contribution in [0.3, 0.4) is 0 Å². The third kappa shape index (κ3) is 11.1. The second-order valence-corrected chi connectivity index (χ2v) is 16.7. The third-order valence-corrected chi connectivity index (χ3v) is 13.0. The van der Waals surface area contributed by atoms with E-state index < -0.39 is 26.7 Å². The van der Waals surface area contributed by atoms with E-state index in [2.05, 4.69) is 11.6 Å². The topological polar surface area (TPSA) is 18.5 Å². The van der Waals surface area contributed by atoms with Crippen LogP contribution < -0.4 is 0 Å². The van der Waals surface area contributed by atoms with Crippen LogP contribution in [0.25, 0.3) is 0 Å². The van der Waals surface area contributed by atoms with Crippen molar-refractivity contribution >= 4 is 70.5 Å². The minimum absolute atomic E-state index is 0.765. The van der Waals surface area contributed by atoms with Gasteiger partial charge in [-0.15, -0.1) is 0 Å². The fourth-order valence-corrected chi connectivity index (χ4v) is 10.9. The Labute approximate surface area is 136 Å². The molecular weight excluding hydrogens is 334 g/mol. The molecule has 2 rings (SSSR count). The van der Waals surface area contributed by atoms with Gasteiger partial charge < -0.3 is 7.58 Å². The van der Waals surface area contributed by atoms with Crippen LogP contribution in [-0.4, -0.2) is 74.4 Å². The first kappa shape index (κ1) is 18.4. The second-order valence-electron chi connectivity index (χ2n) is 3.84. The molecule has 2 nitrogen and oxygen atoms in total. The summed E-state index contributed by atoms with van der Waals surface area (Å²) in [6, 6.07) is 0. The van der Waals surface area contributed by atoms with Gasteiger partial charge in [0.2, 0.25) is 0 Å². The van der Waals surface area contributed by atoms with Crippen molar-refractivity contribution in [1.82, 2.24) is 0 Å². The molecule has 0 amide bonds. The van der Waals surface area contributed by atoms with Crippen molar-refractivity contribution in [3.63, 3.8) is 0 Å². The summed E-state index contributed by atoms with van der Waals surface area (Å²) in [5.41, 5.74) is 0. The lowest BCUT2D eigenvalue weighted by Gasteiger charge is -2.11. The van der Waals surface area contributed by atoms with Crippen LogP contribution in [-0.2, 0) is 7.58 Å². The van der Waals surface area contributed by atoms with E-state index >= 15 is 0 Å². The molecule has 0 N–H and O–H groups in total. The zero-order chi connectivity index (χ0) is 13.1. The summed E-state index contributed by atoms with van der Waals surface area (Å²) in [4.78, 5) is 0. The smallest absolute Gasteiger partial charge is 0.492 e. The Balaban J connectivity index is 0.000000180. The first-order valence-electron chi connectivity index (χ1n) is 6.41. The first-order chi connectivity index (χ1) is 8.79. The Hall–Kier alpha value is 2.38. The molecule has 18 heavy (non-hydrogen) atoms. The Bertz CT molecular complexity index is 167. The van der Waals surface area contributed by atoms with E-state index in [1.807, 2.05) is 43.8 Å². The minimum atomic E-state index is -0.765. The van der Waals surface area contributed by atoms with Crippen LogP contribution in [0, 0.1) is 0 Å². The Kier molecular flexibility index (Phi) is 13.4. The van der Waals surface area contributed by atoms with Gasteiger partial charge >= 0.3 is 26.7 Å². The normalized spacial score (nSPS) is 23.0. The zero-order valence-electron chi connectivity index (χ0n) is 11.3. The molecular formula is C10H22Al2O2S4. The second kappa shape index (κ2) is 13.1. The molecule has 0 spiro atoms. The Morgan fingerprint density at radius 2 is 1.11 bits per heavy atom. The largest absolute Gasteiger partial charge is 0.544 e. The molecule has 0 unspecified atom stereocenters. The van der Waals surface area contributed by atoms with Crippen molar-refractivity contribution in [2.24, 2.45) is 0 Å². The van der Waals surface area contributed by atoms with Crippen LogP contribution in [0.1, 0.15) is 0 Å². The summed E-state index contributed by atoms with van der Waals surface area (Å²) < 4.78 is 11.1. The lowest BCUT2D eigenvalue weighted by atomic mass is 10.9. The molecule has 2 aliphatic heterocycles. The van der Waals surface area contributed by atoms with Gasteiger partial charge in [-0.2, -0.15) is 23.5 Å². The zero-order valence-corrected chi connectivity index (χ0v) is 16.8. The number of rotatable bonds is 0. The molecule has 0 aromatic heterocycles. The SMILES string of the molecule is [CH3][Al]1[O]CCSCC[S]1.[CH3][Al]1[O]CCSCC[S]1. The maximum absolute atomic E-state index is 5.56. The quantitative estimate of drug-likeness (QED) is 0.616. The molecule has 2 fully saturated rings. The summed E-state index contributed by atoms with van der Waals surface area (Å²) in [6.45, 7) is 1.98. The molecule has 0 aliphatic carbocycles. The summed E-state index contributed by atoms with van der Waals surface area (Å²) in [6.07, 6.45) is 0. The molecule has 0 radical (unpaired) electrons. The van der Waals surface area contributed by atoms with Gasteiger partial charge in [0.05, 0.1) is 0 Å². The molecule has 8 heteroatoms. The van der Waals surface area contributed by atoms with Crippen molar-refractivity contribution in [1.29, 1.82) is 0 Å². The fourth-order valence-electron chi connectivity index (χ4n) is 1.39. The predicted octanol–water partition coefficient (Wildman–Crippen LogP) is 3.20. The first-order valence-corrected chi connectivity index (χ1v) is 16.9. The third-order valence-electron chi connectivity index (χ3n) is 2.32. The van der Waals surface area contributed by atoms with E-state index in [1.165, 1.54) is 34.5 Å². The van der Waals surface area contributed by atoms with E-state index in [4.69, 9.17) is 7.58 Å². The van der Waals surface area contributed by atoms with Crippen LogP contribution in [0.2, 0.25) is 11.6 Å². The van der Waals surface area contributed by atoms with E-state index in [9.17, 15) is 0 Å². The van der Waals surface area contributed by atoms with Crippen molar-refractivity contribution in [2.45, 2.75) is 11.6 Å². The lowest BCUT2D eigenvalue weighted by Crippen LogP contribution is -2.15. The molecule has 0 bridgehead atoms. The van der Waals surface area contributed by atoms with E-state index in [1.54, 1.807) is 0 Å². The standard InChI is InChI=1S/2C4H9OS2.2CH3.2Al/c2*5-1-3-7-4-2-6;;;;/h2*6H,1-4H2;2*1H3;;/q2*-1;;;2*+2/p-2. The number of hydrogen-bond acceptors (Lipinski definition) is 6. The van der Waals surface area contributed by atoms with Gasteiger partial charge in [0.25, 0.3) is 0 Å². The summed E-state index contributed by atoms with van der Waals surface area (Å²) in [7, 11) is 4.10. The average molecular weight is 357 g/mol. The molecule has 2 aliphatic rings. The van der Waals surface area contributed by atoms with E-state index in [0.29, 0.717) is 0 Å². The van der Waals surface area contributed by atoms with E-state index in [0.717, 1.165) is 13.2 Å². The highest BCUT2D eigenvalue weighted by atomic mass is 32.3. The van der Waals surface area contributed by atoms with Crippen LogP contribution in [0.4, 0.5) is 0 Å². The number of thioether (sulfide) groups is 2. The van der Waals surface area contributed by atoms with Gasteiger partial charge in [0, 0.05) is 36.2 Å². The van der Waals surface area contributed by atoms with Crippen LogP contribution in [0.5, 0.6) is 0 Å². The predicted molar refractivity (Wildman–Crippen MR) is 94.7 cm³/mol. The van der Waals surface area contributed by atoms with Gasteiger partial charge in [0.15, 0.2) is 0 Å². The Morgan fingerprint density at radius 1 is 0.667 bits per heavy atom. The highest BCUT2D eigenvalue weighted by Crippen LogP contribution is 2.15. The average Bonchev–Trinajstić information content (AvgIpc) is 2.30. The summed E-state index contributed by atoms with van der Waals surface area (Å²) >= 11 is 2.48. The summed E-state index contributed by atoms with van der Waals surface area (Å²) in [5.74, 6) is 12.2. The van der Waals surface area contributed by atoms with Gasteiger partial charge in [-0.3, -0.25) is 0 Å². The van der Waals surface area contributed by atoms with Gasteiger partial charge in [-0.25, -0.2) is 20.3 Å². The van der Waals surface area contributed by atoms with Crippen molar-refractivity contribution in [2.75, 3.05) is 47.7 Å².